The van der Waals surface area contributed by atoms with Crippen molar-refractivity contribution in [3.8, 4) is 11.3 Å². The zero-order chi connectivity index (χ0) is 14.9. The van der Waals surface area contributed by atoms with Gasteiger partial charge in [-0.15, -0.1) is 10.2 Å². The molecule has 0 atom stereocenters. The molecule has 7 nitrogen and oxygen atoms in total. The van der Waals surface area contributed by atoms with Crippen molar-refractivity contribution in [3.05, 3.63) is 41.3 Å². The van der Waals surface area contributed by atoms with E-state index in [9.17, 15) is 4.79 Å². The molecule has 1 aliphatic carbocycles. The highest BCUT2D eigenvalue weighted by Gasteiger charge is 2.28. The molecule has 0 bridgehead atoms. The third-order valence-corrected chi connectivity index (χ3v) is 4.28. The van der Waals surface area contributed by atoms with Gasteiger partial charge in [0, 0.05) is 29.9 Å². The molecule has 110 valence electrons. The molecule has 0 aromatic carbocycles. The van der Waals surface area contributed by atoms with Gasteiger partial charge in [-0.3, -0.25) is 15.1 Å². The second kappa shape index (κ2) is 5.30. The molecule has 22 heavy (non-hydrogen) atoms. The second-order valence-electron chi connectivity index (χ2n) is 4.99. The van der Waals surface area contributed by atoms with E-state index in [-0.39, 0.29) is 11.6 Å². The zero-order valence-corrected chi connectivity index (χ0v) is 12.2. The molecule has 3 aromatic rings. The predicted octanol–water partition coefficient (Wildman–Crippen LogP) is 2.72. The van der Waals surface area contributed by atoms with Gasteiger partial charge in [-0.05, 0) is 25.0 Å². The first kappa shape index (κ1) is 13.1. The van der Waals surface area contributed by atoms with Crippen molar-refractivity contribution in [3.63, 3.8) is 0 Å². The maximum atomic E-state index is 12.1. The van der Waals surface area contributed by atoms with E-state index in [2.05, 4.69) is 25.7 Å². The molecular formula is C14H11N5O2S. The van der Waals surface area contributed by atoms with Crippen molar-refractivity contribution >= 4 is 22.4 Å². The zero-order valence-electron chi connectivity index (χ0n) is 11.4. The number of anilines is 1. The first-order chi connectivity index (χ1) is 10.8. The molecule has 1 N–H and O–H groups in total. The van der Waals surface area contributed by atoms with Gasteiger partial charge < -0.3 is 4.52 Å². The Balaban J connectivity index is 1.49. The SMILES string of the molecule is O=C(Nc1nnc(C2CC2)s1)c1cc(-c2cccnc2)on1. The van der Waals surface area contributed by atoms with Crippen LogP contribution in [0.1, 0.15) is 34.3 Å². The van der Waals surface area contributed by atoms with E-state index in [4.69, 9.17) is 4.52 Å². The average molecular weight is 313 g/mol. The summed E-state index contributed by atoms with van der Waals surface area (Å²) in [5.74, 6) is 0.652. The Morgan fingerprint density at radius 1 is 1.36 bits per heavy atom. The first-order valence-corrected chi connectivity index (χ1v) is 7.63. The summed E-state index contributed by atoms with van der Waals surface area (Å²) in [7, 11) is 0. The van der Waals surface area contributed by atoms with E-state index >= 15 is 0 Å². The summed E-state index contributed by atoms with van der Waals surface area (Å²) in [5, 5.41) is 16.0. The van der Waals surface area contributed by atoms with Crippen molar-refractivity contribution in [1.82, 2.24) is 20.3 Å². The fourth-order valence-corrected chi connectivity index (χ4v) is 2.88. The summed E-state index contributed by atoms with van der Waals surface area (Å²) in [6.07, 6.45) is 5.62. The second-order valence-corrected chi connectivity index (χ2v) is 6.00. The van der Waals surface area contributed by atoms with E-state index < -0.39 is 0 Å². The molecule has 1 aliphatic rings. The van der Waals surface area contributed by atoms with Crippen LogP contribution in [0.4, 0.5) is 5.13 Å². The van der Waals surface area contributed by atoms with Gasteiger partial charge in [0.05, 0.1) is 0 Å². The van der Waals surface area contributed by atoms with Crippen LogP contribution in [0, 0.1) is 0 Å². The molecule has 0 aliphatic heterocycles. The van der Waals surface area contributed by atoms with Crippen LogP contribution in [0.2, 0.25) is 0 Å². The lowest BCUT2D eigenvalue weighted by Gasteiger charge is -1.94. The Labute approximate surface area is 129 Å². The first-order valence-electron chi connectivity index (χ1n) is 6.81. The van der Waals surface area contributed by atoms with Crippen molar-refractivity contribution in [2.24, 2.45) is 0 Å². The van der Waals surface area contributed by atoms with Gasteiger partial charge in [-0.2, -0.15) is 0 Å². The topological polar surface area (TPSA) is 93.8 Å². The third-order valence-electron chi connectivity index (χ3n) is 3.28. The molecule has 1 saturated carbocycles. The van der Waals surface area contributed by atoms with E-state index in [0.29, 0.717) is 16.8 Å². The number of nitrogens with one attached hydrogen (secondary N) is 1. The molecule has 1 amide bonds. The number of rotatable bonds is 4. The lowest BCUT2D eigenvalue weighted by Crippen LogP contribution is -2.11. The average Bonchev–Trinajstić information content (AvgIpc) is 3.10. The highest BCUT2D eigenvalue weighted by atomic mass is 32.1. The number of hydrogen-bond acceptors (Lipinski definition) is 7. The number of carbonyl (C=O) groups excluding carboxylic acids is 1. The lowest BCUT2D eigenvalue weighted by atomic mass is 10.2. The van der Waals surface area contributed by atoms with E-state index in [1.807, 2.05) is 6.07 Å². The number of nitrogens with zero attached hydrogens (tertiary/aromatic N) is 4. The quantitative estimate of drug-likeness (QED) is 0.796. The summed E-state index contributed by atoms with van der Waals surface area (Å²) in [5.41, 5.74) is 0.961. The minimum Gasteiger partial charge on any atom is -0.355 e. The van der Waals surface area contributed by atoms with E-state index in [1.54, 1.807) is 24.5 Å². The maximum absolute atomic E-state index is 12.1. The van der Waals surface area contributed by atoms with E-state index in [0.717, 1.165) is 23.4 Å². The van der Waals surface area contributed by atoms with E-state index in [1.165, 1.54) is 11.3 Å². The Morgan fingerprint density at radius 2 is 2.27 bits per heavy atom. The summed E-state index contributed by atoms with van der Waals surface area (Å²) in [6, 6.07) is 5.20. The summed E-state index contributed by atoms with van der Waals surface area (Å²) in [4.78, 5) is 16.1. The molecule has 0 spiro atoms. The van der Waals surface area contributed by atoms with Crippen LogP contribution in [0.25, 0.3) is 11.3 Å². The van der Waals surface area contributed by atoms with Crippen LogP contribution in [-0.4, -0.2) is 26.2 Å². The lowest BCUT2D eigenvalue weighted by molar-refractivity contribution is 0.101. The maximum Gasteiger partial charge on any atom is 0.279 e. The fourth-order valence-electron chi connectivity index (χ4n) is 1.97. The highest BCUT2D eigenvalue weighted by molar-refractivity contribution is 7.15. The number of pyridine rings is 1. The van der Waals surface area contributed by atoms with Crippen molar-refractivity contribution < 1.29 is 9.32 Å². The summed E-state index contributed by atoms with van der Waals surface area (Å²) < 4.78 is 5.18. The predicted molar refractivity (Wildman–Crippen MR) is 79.6 cm³/mol. The molecule has 3 heterocycles. The van der Waals surface area contributed by atoms with Gasteiger partial charge in [0.2, 0.25) is 5.13 Å². The Bertz CT molecular complexity index is 810. The highest BCUT2D eigenvalue weighted by Crippen LogP contribution is 2.42. The molecule has 1 fully saturated rings. The van der Waals surface area contributed by atoms with Crippen LogP contribution in [0.15, 0.2) is 35.1 Å². The Kier molecular flexibility index (Phi) is 3.15. The van der Waals surface area contributed by atoms with Crippen molar-refractivity contribution in [2.45, 2.75) is 18.8 Å². The summed E-state index contributed by atoms with van der Waals surface area (Å²) >= 11 is 1.41. The monoisotopic (exact) mass is 313 g/mol. The number of aromatic nitrogens is 4. The van der Waals surface area contributed by atoms with Gasteiger partial charge >= 0.3 is 0 Å². The van der Waals surface area contributed by atoms with Gasteiger partial charge in [0.15, 0.2) is 11.5 Å². The minimum absolute atomic E-state index is 0.196. The van der Waals surface area contributed by atoms with Gasteiger partial charge in [-0.1, -0.05) is 16.5 Å². The molecule has 8 heteroatoms. The smallest absolute Gasteiger partial charge is 0.279 e. The number of carbonyl (C=O) groups is 1. The standard InChI is InChI=1S/C14H11N5O2S/c20-12(16-14-18-17-13(22-14)8-3-4-8)10-6-11(21-19-10)9-2-1-5-15-7-9/h1-2,5-8H,3-4H2,(H,16,18,20). The van der Waals surface area contributed by atoms with Crippen molar-refractivity contribution in [2.75, 3.05) is 5.32 Å². The fraction of sp³-hybridized carbons (Fsp3) is 0.214. The Hall–Kier alpha value is -2.61. The molecule has 4 rings (SSSR count). The van der Waals surface area contributed by atoms with Crippen LogP contribution >= 0.6 is 11.3 Å². The number of amides is 1. The summed E-state index contributed by atoms with van der Waals surface area (Å²) in [6.45, 7) is 0. The Morgan fingerprint density at radius 3 is 3.05 bits per heavy atom. The minimum atomic E-state index is -0.364. The van der Waals surface area contributed by atoms with Gasteiger partial charge in [0.1, 0.15) is 5.01 Å². The van der Waals surface area contributed by atoms with Crippen LogP contribution < -0.4 is 5.32 Å². The van der Waals surface area contributed by atoms with Gasteiger partial charge in [0.25, 0.3) is 5.91 Å². The molecular weight excluding hydrogens is 302 g/mol. The molecule has 0 unspecified atom stereocenters. The molecule has 3 aromatic heterocycles. The largest absolute Gasteiger partial charge is 0.355 e. The van der Waals surface area contributed by atoms with Crippen molar-refractivity contribution in [1.29, 1.82) is 0 Å². The van der Waals surface area contributed by atoms with Crippen LogP contribution in [0.3, 0.4) is 0 Å². The molecule has 0 radical (unpaired) electrons. The van der Waals surface area contributed by atoms with Crippen LogP contribution in [-0.2, 0) is 0 Å². The third kappa shape index (κ3) is 2.60. The molecule has 0 saturated heterocycles. The number of hydrogen-bond donors (Lipinski definition) is 1. The van der Waals surface area contributed by atoms with Gasteiger partial charge in [-0.25, -0.2) is 0 Å². The normalized spacial score (nSPS) is 14.0. The van der Waals surface area contributed by atoms with Crippen LogP contribution in [0.5, 0.6) is 0 Å².